The van der Waals surface area contributed by atoms with Crippen molar-refractivity contribution in [3.63, 3.8) is 0 Å². The number of rotatable bonds is 72. The summed E-state index contributed by atoms with van der Waals surface area (Å²) in [5.41, 5.74) is -2.39. The predicted octanol–water partition coefficient (Wildman–Crippen LogP) is 22.2. The van der Waals surface area contributed by atoms with E-state index in [0.717, 1.165) is 135 Å². The highest BCUT2D eigenvalue weighted by atomic mass is 28.3. The zero-order chi connectivity index (χ0) is 75.9. The van der Waals surface area contributed by atoms with Crippen LogP contribution in [0.15, 0.2) is 0 Å². The van der Waals surface area contributed by atoms with Gasteiger partial charge in [-0.15, -0.1) is 0 Å². The van der Waals surface area contributed by atoms with Crippen molar-refractivity contribution in [1.82, 2.24) is 10.6 Å². The number of esters is 4. The van der Waals surface area contributed by atoms with E-state index in [4.69, 9.17) is 33.2 Å². The Morgan fingerprint density at radius 1 is 0.417 bits per heavy atom. The van der Waals surface area contributed by atoms with Gasteiger partial charge in [-0.2, -0.15) is 0 Å². The van der Waals surface area contributed by atoms with Crippen LogP contribution in [0.2, 0.25) is 13.1 Å². The minimum Gasteiger partial charge on any atom is -0.462 e. The summed E-state index contributed by atoms with van der Waals surface area (Å²) < 4.78 is 45.5. The first kappa shape index (κ1) is 97.9. The van der Waals surface area contributed by atoms with Crippen LogP contribution in [0.25, 0.3) is 0 Å². The average molecular weight is 1480 g/mol. The molecule has 2 amide bonds. The second-order valence-corrected chi connectivity index (χ2v) is 34.5. The molecule has 0 aliphatic carbocycles. The van der Waals surface area contributed by atoms with Gasteiger partial charge in [0.25, 0.3) is 0 Å². The van der Waals surface area contributed by atoms with E-state index < -0.39 is 74.4 Å². The molecule has 1 saturated heterocycles. The summed E-state index contributed by atoms with van der Waals surface area (Å²) in [6, 6.07) is -1.31. The third-order valence-electron chi connectivity index (χ3n) is 20.4. The third-order valence-corrected chi connectivity index (χ3v) is 22.4. The minimum atomic E-state index is -1.96. The molecule has 0 unspecified atom stereocenters. The number of nitrogens with one attached hydrogen (secondary N) is 2. The summed E-state index contributed by atoms with van der Waals surface area (Å²) in [5.74, 6) is -2.47. The fourth-order valence-electron chi connectivity index (χ4n) is 14.0. The van der Waals surface area contributed by atoms with Gasteiger partial charge in [0.2, 0.25) is 11.8 Å². The van der Waals surface area contributed by atoms with E-state index in [-0.39, 0.29) is 75.7 Å². The summed E-state index contributed by atoms with van der Waals surface area (Å²) in [6.07, 6.45) is 48.1. The van der Waals surface area contributed by atoms with Gasteiger partial charge in [0.15, 0.2) is 11.5 Å². The first-order valence-electron chi connectivity index (χ1n) is 43.6. The van der Waals surface area contributed by atoms with Gasteiger partial charge in [-0.3, -0.25) is 28.8 Å². The van der Waals surface area contributed by atoms with Crippen LogP contribution in [0.1, 0.15) is 428 Å². The van der Waals surface area contributed by atoms with Gasteiger partial charge in [-0.1, -0.05) is 324 Å². The van der Waals surface area contributed by atoms with E-state index >= 15 is 4.79 Å². The Labute approximate surface area is 633 Å². The molecule has 1 aliphatic heterocycles. The van der Waals surface area contributed by atoms with Crippen LogP contribution in [-0.2, 0) is 61.9 Å². The molecule has 0 aromatic heterocycles. The van der Waals surface area contributed by atoms with Gasteiger partial charge in [0, 0.05) is 25.8 Å². The maximum absolute atomic E-state index is 15.2. The van der Waals surface area contributed by atoms with Crippen LogP contribution in [0.5, 0.6) is 0 Å². The highest BCUT2D eigenvalue weighted by Gasteiger charge is 2.59. The summed E-state index contributed by atoms with van der Waals surface area (Å²) >= 11 is 0. The van der Waals surface area contributed by atoms with Crippen LogP contribution in [0.3, 0.4) is 0 Å². The third kappa shape index (κ3) is 53.4. The van der Waals surface area contributed by atoms with E-state index in [2.05, 4.69) is 52.2 Å². The summed E-state index contributed by atoms with van der Waals surface area (Å²) in [7, 11) is -1.96. The first-order chi connectivity index (χ1) is 49.8. The predicted molar refractivity (Wildman–Crippen MR) is 424 cm³/mol. The molecule has 1 radical (unpaired) electrons. The molecule has 1 rings (SSSR count). The van der Waals surface area contributed by atoms with Gasteiger partial charge >= 0.3 is 23.9 Å². The standard InChI is InChI=1S/C86H163N2O14Si/c1-12-18-24-30-36-39-45-48-54-60-72(98-78(91)63-57-51-42-33-27-21-15-4)68-76(89)87-66-67-96-86(103(10)11)84(88-77(90)69-73(61-55-49-46-40-37-31-25-19-13-2)99-79(92)64-58-52-43-34-28-22-16-5)83(82(95)75(102-86)71-97-85(7,8)9)101-81(94)70-74(62-56-50-47-41-38-32-26-20-14-3)100-80(93)65-59-53-44-35-29-23-17-6/h72-75,82-84,95H,12-71H2,1-11H3,(H,87,89)(H,88,90)/t72-,73-,74-,75-,82-,83+,84-,86+/m1/s1. The zero-order valence-electron chi connectivity index (χ0n) is 68.7. The molecule has 605 valence electrons. The largest absolute Gasteiger partial charge is 0.462 e. The first-order valence-corrected chi connectivity index (χ1v) is 46.1. The molecule has 0 spiro atoms. The summed E-state index contributed by atoms with van der Waals surface area (Å²) in [6.45, 7) is 22.7. The van der Waals surface area contributed by atoms with E-state index in [0.29, 0.717) is 38.5 Å². The minimum absolute atomic E-state index is 0.00841. The quantitative estimate of drug-likeness (QED) is 0.0224. The maximum atomic E-state index is 15.2. The summed E-state index contributed by atoms with van der Waals surface area (Å²) in [4.78, 5) is 85.0. The smallest absolute Gasteiger partial charge is 0.310 e. The lowest BCUT2D eigenvalue weighted by Crippen LogP contribution is -2.75. The second kappa shape index (κ2) is 65.9. The molecule has 1 heterocycles. The number of aliphatic hydroxyl groups excluding tert-OH is 1. The van der Waals surface area contributed by atoms with E-state index in [1.807, 2.05) is 33.9 Å². The number of unbranched alkanes of at least 4 members (excludes halogenated alkanes) is 42. The molecule has 0 bridgehead atoms. The van der Waals surface area contributed by atoms with Gasteiger partial charge in [-0.25, -0.2) is 0 Å². The number of carbonyl (C=O) groups is 6. The Hall–Kier alpha value is -3.12. The van der Waals surface area contributed by atoms with Crippen LogP contribution in [-0.4, -0.2) is 123 Å². The van der Waals surface area contributed by atoms with Crippen molar-refractivity contribution in [2.45, 2.75) is 495 Å². The lowest BCUT2D eigenvalue weighted by Gasteiger charge is -2.53. The van der Waals surface area contributed by atoms with Crippen molar-refractivity contribution in [2.75, 3.05) is 19.8 Å². The SMILES string of the molecule is CCCCCCCCCCC[C@H](CC(=O)NCCO[C@]1([Si](C)C)O[C@H](COC(C)(C)C)[C@@H](O)[C@H](OC(=O)C[C@@H](CCCCCCCCCCC)OC(=O)CCCCCCCCC)[C@H]1NC(=O)C[C@@H](CCCCCCCCCCC)OC(=O)CCCCCCCCC)OC(=O)CCCCCCCCC. The molecule has 3 N–H and O–H groups in total. The van der Waals surface area contributed by atoms with Crippen molar-refractivity contribution < 1.29 is 67.0 Å². The highest BCUT2D eigenvalue weighted by Crippen LogP contribution is 2.37. The Kier molecular flexibility index (Phi) is 62.6. The Balaban J connectivity index is 3.85. The van der Waals surface area contributed by atoms with Crippen molar-refractivity contribution in [3.05, 3.63) is 0 Å². The Morgan fingerprint density at radius 2 is 0.718 bits per heavy atom. The zero-order valence-corrected chi connectivity index (χ0v) is 69.7. The average Bonchev–Trinajstić information content (AvgIpc) is 0.748. The lowest BCUT2D eigenvalue weighted by atomic mass is 9.95. The molecule has 103 heavy (non-hydrogen) atoms. The lowest BCUT2D eigenvalue weighted by molar-refractivity contribution is -0.304. The molecule has 1 aliphatic rings. The number of hydrogen-bond acceptors (Lipinski definition) is 14. The van der Waals surface area contributed by atoms with E-state index in [1.54, 1.807) is 0 Å². The fourth-order valence-corrected chi connectivity index (χ4v) is 15.7. The van der Waals surface area contributed by atoms with Gasteiger partial charge in [0.05, 0.1) is 38.1 Å². The molecule has 0 aromatic rings. The van der Waals surface area contributed by atoms with Crippen LogP contribution >= 0.6 is 0 Å². The Bertz CT molecular complexity index is 2060. The number of hydrogen-bond donors (Lipinski definition) is 3. The van der Waals surface area contributed by atoms with E-state index in [9.17, 15) is 29.1 Å². The molecule has 0 aromatic carbocycles. The van der Waals surface area contributed by atoms with Crippen molar-refractivity contribution in [2.24, 2.45) is 0 Å². The van der Waals surface area contributed by atoms with Crippen molar-refractivity contribution >= 4 is 44.5 Å². The van der Waals surface area contributed by atoms with Gasteiger partial charge < -0.3 is 48.9 Å². The second-order valence-electron chi connectivity index (χ2n) is 31.8. The molecule has 0 saturated carbocycles. The summed E-state index contributed by atoms with van der Waals surface area (Å²) in [5, 5.41) is 19.0. The highest BCUT2D eigenvalue weighted by molar-refractivity contribution is 6.59. The van der Waals surface area contributed by atoms with Gasteiger partial charge in [0.1, 0.15) is 45.4 Å². The topological polar surface area (TPSA) is 211 Å². The van der Waals surface area contributed by atoms with Crippen LogP contribution in [0, 0.1) is 0 Å². The normalized spacial score (nSPS) is 17.8. The molecular formula is C86H163N2O14Si. The van der Waals surface area contributed by atoms with Crippen LogP contribution in [0.4, 0.5) is 0 Å². The fraction of sp³-hybridized carbons (Fsp3) is 0.930. The van der Waals surface area contributed by atoms with E-state index in [1.165, 1.54) is 161 Å². The monoisotopic (exact) mass is 1480 g/mol. The molecule has 16 nitrogen and oxygen atoms in total. The van der Waals surface area contributed by atoms with Crippen molar-refractivity contribution in [1.29, 1.82) is 0 Å². The number of amides is 2. The Morgan fingerprint density at radius 3 is 1.04 bits per heavy atom. The molecular weight excluding hydrogens is 1310 g/mol. The van der Waals surface area contributed by atoms with Gasteiger partial charge in [-0.05, 0) is 78.6 Å². The van der Waals surface area contributed by atoms with Crippen LogP contribution < -0.4 is 10.6 Å². The molecule has 17 heteroatoms. The number of carbonyl (C=O) groups excluding carboxylic acids is 6. The van der Waals surface area contributed by atoms with Crippen molar-refractivity contribution in [3.8, 4) is 0 Å². The number of aliphatic hydroxyl groups is 1. The number of ether oxygens (including phenoxy) is 7. The maximum Gasteiger partial charge on any atom is 0.310 e. The molecule has 8 atom stereocenters. The molecule has 1 fully saturated rings.